The molecule has 0 bridgehead atoms. The molecular formula is C14H22N4. The van der Waals surface area contributed by atoms with Crippen molar-refractivity contribution < 1.29 is 0 Å². The van der Waals surface area contributed by atoms with E-state index in [4.69, 9.17) is 5.73 Å². The summed E-state index contributed by atoms with van der Waals surface area (Å²) in [4.78, 5) is 11.2. The van der Waals surface area contributed by atoms with Crippen molar-refractivity contribution in [3.8, 4) is 0 Å². The molecule has 0 aliphatic heterocycles. The van der Waals surface area contributed by atoms with Crippen LogP contribution in [0.5, 0.6) is 0 Å². The van der Waals surface area contributed by atoms with Crippen molar-refractivity contribution >= 4 is 5.82 Å². The average Bonchev–Trinajstić information content (AvgIpc) is 2.36. The number of aryl methyl sites for hydroxylation is 1. The molecule has 3 rings (SSSR count). The third kappa shape index (κ3) is 2.21. The van der Waals surface area contributed by atoms with E-state index in [1.807, 2.05) is 0 Å². The highest BCUT2D eigenvalue weighted by Gasteiger charge is 2.28. The first-order chi connectivity index (χ1) is 8.74. The fourth-order valence-corrected chi connectivity index (χ4v) is 3.24. The first-order valence-electron chi connectivity index (χ1n) is 7.03. The fourth-order valence-electron chi connectivity index (χ4n) is 3.24. The predicted molar refractivity (Wildman–Crippen MR) is 72.6 cm³/mol. The van der Waals surface area contributed by atoms with Crippen molar-refractivity contribution in [3.63, 3.8) is 0 Å². The van der Waals surface area contributed by atoms with Gasteiger partial charge in [0.1, 0.15) is 12.1 Å². The van der Waals surface area contributed by atoms with Crippen LogP contribution in [0.2, 0.25) is 0 Å². The lowest BCUT2D eigenvalue weighted by atomic mass is 9.80. The third-order valence-corrected chi connectivity index (χ3v) is 4.27. The molecule has 0 atom stereocenters. The minimum absolute atomic E-state index is 0.433. The highest BCUT2D eigenvalue weighted by atomic mass is 15.2. The Balaban J connectivity index is 1.74. The van der Waals surface area contributed by atoms with Crippen LogP contribution < -0.4 is 10.6 Å². The molecule has 1 fully saturated rings. The molecule has 1 saturated carbocycles. The van der Waals surface area contributed by atoms with Crippen LogP contribution in [-0.2, 0) is 12.8 Å². The Labute approximate surface area is 109 Å². The Hall–Kier alpha value is -1.16. The zero-order valence-electron chi connectivity index (χ0n) is 11.1. The van der Waals surface area contributed by atoms with Gasteiger partial charge in [-0.15, -0.1) is 0 Å². The van der Waals surface area contributed by atoms with Gasteiger partial charge >= 0.3 is 0 Å². The molecular weight excluding hydrogens is 224 g/mol. The van der Waals surface area contributed by atoms with Gasteiger partial charge < -0.3 is 10.6 Å². The van der Waals surface area contributed by atoms with Gasteiger partial charge in [-0.1, -0.05) is 0 Å². The number of nitrogens with zero attached hydrogens (tertiary/aromatic N) is 3. The molecule has 1 aromatic heterocycles. The van der Waals surface area contributed by atoms with Crippen LogP contribution in [0, 0.1) is 5.92 Å². The standard InChI is InChI=1S/C14H22N4/c1-18(8-10-6-11(15)7-10)14-12-4-2-3-5-13(12)16-9-17-14/h9-11H,2-8,15H2,1H3. The van der Waals surface area contributed by atoms with Crippen LogP contribution in [0.15, 0.2) is 6.33 Å². The Bertz CT molecular complexity index is 426. The largest absolute Gasteiger partial charge is 0.359 e. The molecule has 1 heterocycles. The topological polar surface area (TPSA) is 55.0 Å². The maximum Gasteiger partial charge on any atom is 0.135 e. The minimum atomic E-state index is 0.433. The number of hydrogen-bond donors (Lipinski definition) is 1. The van der Waals surface area contributed by atoms with Crippen molar-refractivity contribution in [1.29, 1.82) is 0 Å². The molecule has 0 unspecified atom stereocenters. The zero-order valence-corrected chi connectivity index (χ0v) is 11.1. The van der Waals surface area contributed by atoms with Crippen LogP contribution in [0.1, 0.15) is 36.9 Å². The summed E-state index contributed by atoms with van der Waals surface area (Å²) in [5.41, 5.74) is 8.50. The van der Waals surface area contributed by atoms with E-state index in [1.54, 1.807) is 6.33 Å². The lowest BCUT2D eigenvalue weighted by Gasteiger charge is -2.36. The predicted octanol–water partition coefficient (Wildman–Crippen LogP) is 1.53. The molecule has 4 heteroatoms. The Kier molecular flexibility index (Phi) is 3.20. The number of rotatable bonds is 3. The number of hydrogen-bond acceptors (Lipinski definition) is 4. The quantitative estimate of drug-likeness (QED) is 0.878. The second-order valence-corrected chi connectivity index (χ2v) is 5.81. The van der Waals surface area contributed by atoms with Gasteiger partial charge in [0.15, 0.2) is 0 Å². The molecule has 18 heavy (non-hydrogen) atoms. The molecule has 0 saturated heterocycles. The van der Waals surface area contributed by atoms with E-state index < -0.39 is 0 Å². The van der Waals surface area contributed by atoms with Crippen molar-refractivity contribution in [2.24, 2.45) is 11.7 Å². The molecule has 1 aromatic rings. The normalized spacial score (nSPS) is 26.3. The molecule has 0 amide bonds. The summed E-state index contributed by atoms with van der Waals surface area (Å²) in [6.45, 7) is 1.08. The van der Waals surface area contributed by atoms with Crippen molar-refractivity contribution in [1.82, 2.24) is 9.97 Å². The lowest BCUT2D eigenvalue weighted by Crippen LogP contribution is -2.42. The molecule has 2 N–H and O–H groups in total. The smallest absolute Gasteiger partial charge is 0.135 e. The summed E-state index contributed by atoms with van der Waals surface area (Å²) in [5.74, 6) is 1.90. The van der Waals surface area contributed by atoms with Crippen LogP contribution in [0.3, 0.4) is 0 Å². The minimum Gasteiger partial charge on any atom is -0.359 e. The van der Waals surface area contributed by atoms with E-state index in [0.29, 0.717) is 6.04 Å². The summed E-state index contributed by atoms with van der Waals surface area (Å²) in [5, 5.41) is 0. The average molecular weight is 246 g/mol. The monoisotopic (exact) mass is 246 g/mol. The van der Waals surface area contributed by atoms with E-state index in [0.717, 1.165) is 44.0 Å². The zero-order chi connectivity index (χ0) is 12.5. The third-order valence-electron chi connectivity index (χ3n) is 4.27. The van der Waals surface area contributed by atoms with Crippen LogP contribution in [0.4, 0.5) is 5.82 Å². The summed E-state index contributed by atoms with van der Waals surface area (Å²) < 4.78 is 0. The van der Waals surface area contributed by atoms with Gasteiger partial charge in [-0.2, -0.15) is 0 Å². The maximum absolute atomic E-state index is 5.85. The second kappa shape index (κ2) is 4.84. The Morgan fingerprint density at radius 3 is 2.83 bits per heavy atom. The summed E-state index contributed by atoms with van der Waals surface area (Å²) in [6.07, 6.45) is 8.85. The first-order valence-corrected chi connectivity index (χ1v) is 7.03. The fraction of sp³-hybridized carbons (Fsp3) is 0.714. The molecule has 0 aromatic carbocycles. The number of anilines is 1. The SMILES string of the molecule is CN(CC1CC(N)C1)c1ncnc2c1CCCC2. The maximum atomic E-state index is 5.85. The van der Waals surface area contributed by atoms with E-state index in [2.05, 4.69) is 21.9 Å². The second-order valence-electron chi connectivity index (χ2n) is 5.81. The van der Waals surface area contributed by atoms with Gasteiger partial charge in [0.25, 0.3) is 0 Å². The van der Waals surface area contributed by atoms with Crippen LogP contribution in [0.25, 0.3) is 0 Å². The van der Waals surface area contributed by atoms with E-state index in [1.165, 1.54) is 24.1 Å². The van der Waals surface area contributed by atoms with E-state index >= 15 is 0 Å². The summed E-state index contributed by atoms with van der Waals surface area (Å²) >= 11 is 0. The van der Waals surface area contributed by atoms with Crippen molar-refractivity contribution in [2.45, 2.75) is 44.6 Å². The molecule has 0 spiro atoms. The van der Waals surface area contributed by atoms with Gasteiger partial charge in [0, 0.05) is 30.9 Å². The van der Waals surface area contributed by atoms with Crippen molar-refractivity contribution in [3.05, 3.63) is 17.6 Å². The van der Waals surface area contributed by atoms with E-state index in [-0.39, 0.29) is 0 Å². The summed E-state index contributed by atoms with van der Waals surface area (Å²) in [7, 11) is 2.15. The molecule has 2 aliphatic rings. The van der Waals surface area contributed by atoms with Gasteiger partial charge in [-0.05, 0) is 44.4 Å². The highest BCUT2D eigenvalue weighted by molar-refractivity contribution is 5.49. The molecule has 0 radical (unpaired) electrons. The Morgan fingerprint density at radius 1 is 1.28 bits per heavy atom. The van der Waals surface area contributed by atoms with E-state index in [9.17, 15) is 0 Å². The highest BCUT2D eigenvalue weighted by Crippen LogP contribution is 2.30. The van der Waals surface area contributed by atoms with Crippen LogP contribution in [-0.4, -0.2) is 29.6 Å². The molecule has 4 nitrogen and oxygen atoms in total. The van der Waals surface area contributed by atoms with Gasteiger partial charge in [-0.25, -0.2) is 9.97 Å². The van der Waals surface area contributed by atoms with Crippen molar-refractivity contribution in [2.75, 3.05) is 18.5 Å². The summed E-state index contributed by atoms with van der Waals surface area (Å²) in [6, 6.07) is 0.433. The van der Waals surface area contributed by atoms with Gasteiger partial charge in [0.05, 0.1) is 0 Å². The molecule has 2 aliphatic carbocycles. The molecule has 98 valence electrons. The number of fused-ring (bicyclic) bond motifs is 1. The van der Waals surface area contributed by atoms with Gasteiger partial charge in [0.2, 0.25) is 0 Å². The first kappa shape index (κ1) is 11.9. The van der Waals surface area contributed by atoms with Gasteiger partial charge in [-0.3, -0.25) is 0 Å². The lowest BCUT2D eigenvalue weighted by molar-refractivity contribution is 0.270. The number of nitrogens with two attached hydrogens (primary N) is 1. The van der Waals surface area contributed by atoms with Crippen LogP contribution >= 0.6 is 0 Å². The number of aromatic nitrogens is 2. The Morgan fingerprint density at radius 2 is 2.06 bits per heavy atom.